The summed E-state index contributed by atoms with van der Waals surface area (Å²) in [6.07, 6.45) is 1.47. The van der Waals surface area contributed by atoms with Gasteiger partial charge in [-0.1, -0.05) is 5.21 Å². The van der Waals surface area contributed by atoms with E-state index in [0.717, 1.165) is 5.69 Å². The number of alkyl halides is 3. The maximum atomic E-state index is 14.2. The third-order valence-corrected chi connectivity index (χ3v) is 5.22. The third-order valence-electron chi connectivity index (χ3n) is 5.22. The molecule has 12 heteroatoms. The summed E-state index contributed by atoms with van der Waals surface area (Å²) >= 11 is 0. The van der Waals surface area contributed by atoms with Crippen LogP contribution >= 0.6 is 0 Å². The van der Waals surface area contributed by atoms with Gasteiger partial charge in [0.05, 0.1) is 30.0 Å². The average Bonchev–Trinajstić information content (AvgIpc) is 3.16. The lowest BCUT2D eigenvalue weighted by Gasteiger charge is -2.34. The van der Waals surface area contributed by atoms with Gasteiger partial charge in [0.1, 0.15) is 18.0 Å². The molecule has 0 aliphatic heterocycles. The molecule has 1 amide bonds. The number of rotatable bonds is 10. The molecular weight excluding hydrogens is 451 g/mol. The van der Waals surface area contributed by atoms with Crippen molar-refractivity contribution in [1.29, 1.82) is 0 Å². The van der Waals surface area contributed by atoms with Crippen LogP contribution in [0.4, 0.5) is 19.0 Å². The van der Waals surface area contributed by atoms with Crippen molar-refractivity contribution < 1.29 is 22.7 Å². The van der Waals surface area contributed by atoms with E-state index in [-0.39, 0.29) is 44.0 Å². The highest BCUT2D eigenvalue weighted by Gasteiger charge is 2.47. The van der Waals surface area contributed by atoms with Crippen molar-refractivity contribution in [2.45, 2.75) is 63.8 Å². The van der Waals surface area contributed by atoms with Crippen LogP contribution in [-0.4, -0.2) is 54.3 Å². The first-order valence-electron chi connectivity index (χ1n) is 10.9. The van der Waals surface area contributed by atoms with E-state index in [4.69, 9.17) is 4.74 Å². The molecule has 9 nitrogen and oxygen atoms in total. The zero-order valence-electron chi connectivity index (χ0n) is 18.5. The highest BCUT2D eigenvalue weighted by molar-refractivity contribution is 5.91. The predicted octanol–water partition coefficient (Wildman–Crippen LogP) is 3.10. The summed E-state index contributed by atoms with van der Waals surface area (Å²) in [6, 6.07) is 6.39. The van der Waals surface area contributed by atoms with Gasteiger partial charge < -0.3 is 10.1 Å². The van der Waals surface area contributed by atoms with Crippen molar-refractivity contribution >= 4 is 11.7 Å². The van der Waals surface area contributed by atoms with Crippen molar-refractivity contribution in [2.75, 3.05) is 5.32 Å². The summed E-state index contributed by atoms with van der Waals surface area (Å²) in [5, 5.41) is 18.3. The molecule has 34 heavy (non-hydrogen) atoms. The molecule has 1 atom stereocenters. The van der Waals surface area contributed by atoms with Crippen LogP contribution in [0.1, 0.15) is 36.3 Å². The smallest absolute Gasteiger partial charge is 0.255 e. The average molecular weight is 475 g/mol. The minimum atomic E-state index is -2.66. The van der Waals surface area contributed by atoms with E-state index < -0.39 is 18.2 Å². The van der Waals surface area contributed by atoms with Crippen LogP contribution in [0, 0.1) is 6.92 Å². The Bertz CT molecular complexity index is 1120. The zero-order valence-corrected chi connectivity index (χ0v) is 18.5. The maximum Gasteiger partial charge on any atom is 0.255 e. The molecule has 1 fully saturated rings. The van der Waals surface area contributed by atoms with Crippen LogP contribution < -0.4 is 10.1 Å². The predicted molar refractivity (Wildman–Crippen MR) is 115 cm³/mol. The number of hydrogen-bond donors (Lipinski definition) is 1. The van der Waals surface area contributed by atoms with Crippen molar-refractivity contribution in [3.8, 4) is 5.75 Å². The summed E-state index contributed by atoms with van der Waals surface area (Å²) in [6.45, 7) is 1.91. The van der Waals surface area contributed by atoms with E-state index in [1.165, 1.54) is 10.9 Å². The van der Waals surface area contributed by atoms with Gasteiger partial charge >= 0.3 is 0 Å². The SMILES string of the molecule is Cc1cn(CC(F)CCc2ccc(NC(=O)Cc3cc(OC4CC(F)(F)C4)ccn3)nn2)nn1. The Morgan fingerprint density at radius 1 is 1.24 bits per heavy atom. The first kappa shape index (κ1) is 23.6. The zero-order chi connectivity index (χ0) is 24.1. The second-order valence-corrected chi connectivity index (χ2v) is 8.34. The number of aryl methyl sites for hydroxylation is 2. The molecule has 1 aliphatic carbocycles. The van der Waals surface area contributed by atoms with E-state index >= 15 is 0 Å². The van der Waals surface area contributed by atoms with Crippen LogP contribution in [0.2, 0.25) is 0 Å². The first-order chi connectivity index (χ1) is 16.2. The summed E-state index contributed by atoms with van der Waals surface area (Å²) < 4.78 is 47.0. The first-order valence-corrected chi connectivity index (χ1v) is 10.9. The number of anilines is 1. The van der Waals surface area contributed by atoms with Gasteiger partial charge in [-0.2, -0.15) is 5.10 Å². The number of amides is 1. The van der Waals surface area contributed by atoms with Crippen LogP contribution in [0.15, 0.2) is 36.7 Å². The van der Waals surface area contributed by atoms with E-state index in [0.29, 0.717) is 23.6 Å². The van der Waals surface area contributed by atoms with Gasteiger partial charge in [-0.25, -0.2) is 17.9 Å². The van der Waals surface area contributed by atoms with E-state index in [9.17, 15) is 18.0 Å². The topological polar surface area (TPSA) is 108 Å². The molecule has 0 saturated heterocycles. The summed E-state index contributed by atoms with van der Waals surface area (Å²) in [5.41, 5.74) is 1.76. The molecule has 3 aromatic rings. The largest absolute Gasteiger partial charge is 0.490 e. The molecular formula is C22H24F3N7O2. The van der Waals surface area contributed by atoms with Gasteiger partial charge in [-0.05, 0) is 38.0 Å². The van der Waals surface area contributed by atoms with Crippen LogP contribution in [0.3, 0.4) is 0 Å². The lowest BCUT2D eigenvalue weighted by Crippen LogP contribution is -2.43. The molecule has 1 saturated carbocycles. The highest BCUT2D eigenvalue weighted by atomic mass is 19.3. The number of nitrogens with zero attached hydrogens (tertiary/aromatic N) is 6. The second-order valence-electron chi connectivity index (χ2n) is 8.34. The lowest BCUT2D eigenvalue weighted by atomic mass is 9.91. The van der Waals surface area contributed by atoms with E-state index in [1.54, 1.807) is 37.4 Å². The number of carbonyl (C=O) groups is 1. The summed E-state index contributed by atoms with van der Waals surface area (Å²) in [7, 11) is 0. The summed E-state index contributed by atoms with van der Waals surface area (Å²) in [5.74, 6) is -2.38. The third kappa shape index (κ3) is 6.72. The molecule has 4 rings (SSSR count). The van der Waals surface area contributed by atoms with Gasteiger partial charge in [0.25, 0.3) is 5.92 Å². The Morgan fingerprint density at radius 2 is 2.06 bits per heavy atom. The number of halogens is 3. The lowest BCUT2D eigenvalue weighted by molar-refractivity contribution is -0.134. The minimum absolute atomic E-state index is 0.0489. The summed E-state index contributed by atoms with van der Waals surface area (Å²) in [4.78, 5) is 16.4. The fraction of sp³-hybridized carbons (Fsp3) is 0.455. The molecule has 0 spiro atoms. The van der Waals surface area contributed by atoms with Gasteiger partial charge in [0, 0.05) is 31.3 Å². The van der Waals surface area contributed by atoms with E-state index in [2.05, 4.69) is 30.8 Å². The van der Waals surface area contributed by atoms with Gasteiger partial charge in [-0.15, -0.1) is 10.2 Å². The fourth-order valence-electron chi connectivity index (χ4n) is 3.50. The van der Waals surface area contributed by atoms with E-state index in [1.807, 2.05) is 0 Å². The number of carbonyl (C=O) groups excluding carboxylic acids is 1. The minimum Gasteiger partial charge on any atom is -0.490 e. The fourth-order valence-corrected chi connectivity index (χ4v) is 3.50. The second kappa shape index (κ2) is 10.1. The molecule has 180 valence electrons. The molecule has 1 aliphatic rings. The molecule has 1 N–H and O–H groups in total. The quantitative estimate of drug-likeness (QED) is 0.480. The van der Waals surface area contributed by atoms with Crippen molar-refractivity contribution in [2.24, 2.45) is 0 Å². The van der Waals surface area contributed by atoms with Gasteiger partial charge in [0.2, 0.25) is 5.91 Å². The Kier molecular flexibility index (Phi) is 7.03. The number of ether oxygens (including phenoxy) is 1. The molecule has 0 radical (unpaired) electrons. The number of pyridine rings is 1. The molecule has 0 bridgehead atoms. The Balaban J connectivity index is 1.22. The van der Waals surface area contributed by atoms with Crippen LogP contribution in [0.5, 0.6) is 5.75 Å². The molecule has 1 unspecified atom stereocenters. The monoisotopic (exact) mass is 475 g/mol. The van der Waals surface area contributed by atoms with Crippen molar-refractivity contribution in [1.82, 2.24) is 30.2 Å². The maximum absolute atomic E-state index is 14.2. The molecule has 3 heterocycles. The van der Waals surface area contributed by atoms with Gasteiger partial charge in [-0.3, -0.25) is 9.78 Å². The van der Waals surface area contributed by atoms with Gasteiger partial charge in [0.15, 0.2) is 5.82 Å². The van der Waals surface area contributed by atoms with Crippen LogP contribution in [0.25, 0.3) is 0 Å². The standard InChI is InChI=1S/C22H24F3N7O2/c1-14-12-32(31-28-14)13-15(23)2-3-16-4-5-20(30-29-16)27-21(33)9-17-8-18(6-7-26-17)34-19-10-22(24,25)11-19/h4-8,12,15,19H,2-3,9-11,13H2,1H3,(H,27,30,33). The molecule has 0 aromatic carbocycles. The van der Waals surface area contributed by atoms with Crippen LogP contribution in [-0.2, 0) is 24.2 Å². The van der Waals surface area contributed by atoms with Crippen molar-refractivity contribution in [3.63, 3.8) is 0 Å². The molecule has 3 aromatic heterocycles. The Labute approximate surface area is 193 Å². The normalized spacial score (nSPS) is 16.0. The Hall–Kier alpha value is -3.57. The number of nitrogens with one attached hydrogen (secondary N) is 1. The Morgan fingerprint density at radius 3 is 2.74 bits per heavy atom. The highest BCUT2D eigenvalue weighted by Crippen LogP contribution is 2.39. The number of hydrogen-bond acceptors (Lipinski definition) is 7. The number of aromatic nitrogens is 6. The van der Waals surface area contributed by atoms with Crippen molar-refractivity contribution in [3.05, 3.63) is 53.7 Å².